The maximum atomic E-state index is 12.1. The van der Waals surface area contributed by atoms with Gasteiger partial charge in [-0.2, -0.15) is 0 Å². The fourth-order valence-electron chi connectivity index (χ4n) is 2.41. The van der Waals surface area contributed by atoms with Gasteiger partial charge in [0.15, 0.2) is 6.54 Å². The van der Waals surface area contributed by atoms with Gasteiger partial charge in [-0.15, -0.1) is 0 Å². The summed E-state index contributed by atoms with van der Waals surface area (Å²) in [5, 5.41) is 15.4. The molecule has 0 aliphatic heterocycles. The maximum absolute atomic E-state index is 12.1. The maximum Gasteiger partial charge on any atom is 0.279 e. The largest absolute Gasteiger partial charge is 0.332 e. The molecule has 0 saturated heterocycles. The molecule has 1 amide bonds. The molecule has 3 N–H and O–H groups in total. The Morgan fingerprint density at radius 2 is 2.00 bits per heavy atom. The van der Waals surface area contributed by atoms with Crippen LogP contribution in [0, 0.1) is 10.1 Å². The van der Waals surface area contributed by atoms with E-state index >= 15 is 0 Å². The number of hydrogen-bond donors (Lipinski definition) is 2. The Kier molecular flexibility index (Phi) is 6.45. The van der Waals surface area contributed by atoms with Crippen LogP contribution in [0.4, 0.5) is 11.4 Å². The molecular formula is C17H19BrN3O3+. The van der Waals surface area contributed by atoms with Crippen molar-refractivity contribution >= 4 is 33.2 Å². The van der Waals surface area contributed by atoms with Crippen LogP contribution < -0.4 is 10.6 Å². The molecule has 0 spiro atoms. The van der Waals surface area contributed by atoms with Crippen molar-refractivity contribution in [1.29, 1.82) is 0 Å². The summed E-state index contributed by atoms with van der Waals surface area (Å²) in [4.78, 5) is 22.4. The standard InChI is InChI=1S/C17H18BrN3O3/c1-2-16(12-6-8-13(18)9-7-12)19-11-17(22)20-14-4-3-5-15(10-14)21(23)24/h3-10,16,19H,2,11H2,1H3,(H,20,22)/p+1/t16-/m0/s1. The molecule has 6 nitrogen and oxygen atoms in total. The third-order valence-corrected chi connectivity index (χ3v) is 4.20. The number of hydrogen-bond acceptors (Lipinski definition) is 3. The van der Waals surface area contributed by atoms with Gasteiger partial charge in [-0.1, -0.05) is 41.1 Å². The fourth-order valence-corrected chi connectivity index (χ4v) is 2.67. The Labute approximate surface area is 148 Å². The molecule has 126 valence electrons. The molecule has 2 aromatic rings. The van der Waals surface area contributed by atoms with E-state index in [-0.39, 0.29) is 24.2 Å². The second-order valence-electron chi connectivity index (χ2n) is 5.36. The number of nitro groups is 1. The number of nitrogens with one attached hydrogen (secondary N) is 1. The number of amides is 1. The van der Waals surface area contributed by atoms with Crippen LogP contribution in [0.25, 0.3) is 0 Å². The molecule has 2 rings (SSSR count). The lowest BCUT2D eigenvalue weighted by Crippen LogP contribution is -2.87. The van der Waals surface area contributed by atoms with Crippen molar-refractivity contribution < 1.29 is 15.0 Å². The molecule has 0 heterocycles. The highest BCUT2D eigenvalue weighted by molar-refractivity contribution is 9.10. The van der Waals surface area contributed by atoms with Crippen molar-refractivity contribution in [1.82, 2.24) is 0 Å². The van der Waals surface area contributed by atoms with E-state index in [0.29, 0.717) is 5.69 Å². The van der Waals surface area contributed by atoms with E-state index in [0.717, 1.165) is 16.5 Å². The van der Waals surface area contributed by atoms with Gasteiger partial charge >= 0.3 is 0 Å². The number of quaternary nitrogens is 1. The van der Waals surface area contributed by atoms with E-state index in [1.54, 1.807) is 12.1 Å². The summed E-state index contributed by atoms with van der Waals surface area (Å²) in [5.41, 5.74) is 1.54. The van der Waals surface area contributed by atoms with Crippen molar-refractivity contribution in [2.45, 2.75) is 19.4 Å². The monoisotopic (exact) mass is 392 g/mol. The fraction of sp³-hybridized carbons (Fsp3) is 0.235. The summed E-state index contributed by atoms with van der Waals surface area (Å²) in [6.07, 6.45) is 0.895. The van der Waals surface area contributed by atoms with E-state index < -0.39 is 4.92 Å². The van der Waals surface area contributed by atoms with Crippen molar-refractivity contribution in [3.8, 4) is 0 Å². The molecule has 1 atom stereocenters. The molecule has 0 fully saturated rings. The van der Waals surface area contributed by atoms with Gasteiger partial charge in [0.05, 0.1) is 4.92 Å². The summed E-state index contributed by atoms with van der Waals surface area (Å²) < 4.78 is 1.02. The third kappa shape index (κ3) is 5.14. The first kappa shape index (κ1) is 18.1. The Hall–Kier alpha value is -2.25. The van der Waals surface area contributed by atoms with Crippen LogP contribution in [-0.4, -0.2) is 17.4 Å². The average Bonchev–Trinajstić information content (AvgIpc) is 2.57. The number of rotatable bonds is 7. The number of benzene rings is 2. The molecule has 0 aromatic heterocycles. The summed E-state index contributed by atoms with van der Waals surface area (Å²) in [6, 6.07) is 14.1. The highest BCUT2D eigenvalue weighted by Crippen LogP contribution is 2.17. The van der Waals surface area contributed by atoms with Crippen LogP contribution in [0.15, 0.2) is 53.0 Å². The van der Waals surface area contributed by atoms with Crippen LogP contribution >= 0.6 is 15.9 Å². The van der Waals surface area contributed by atoms with E-state index in [4.69, 9.17) is 0 Å². The second-order valence-corrected chi connectivity index (χ2v) is 6.28. The highest BCUT2D eigenvalue weighted by Gasteiger charge is 2.15. The van der Waals surface area contributed by atoms with Crippen LogP contribution in [-0.2, 0) is 4.79 Å². The van der Waals surface area contributed by atoms with E-state index in [9.17, 15) is 14.9 Å². The van der Waals surface area contributed by atoms with Gasteiger partial charge in [0.2, 0.25) is 0 Å². The normalized spacial score (nSPS) is 11.8. The molecule has 2 aromatic carbocycles. The molecule has 0 unspecified atom stereocenters. The molecule has 7 heteroatoms. The molecular weight excluding hydrogens is 374 g/mol. The zero-order valence-electron chi connectivity index (χ0n) is 13.2. The van der Waals surface area contributed by atoms with Crippen molar-refractivity contribution in [3.63, 3.8) is 0 Å². The van der Waals surface area contributed by atoms with Gasteiger partial charge in [0, 0.05) is 34.3 Å². The third-order valence-electron chi connectivity index (χ3n) is 3.67. The molecule has 0 saturated carbocycles. The minimum absolute atomic E-state index is 0.0434. The van der Waals surface area contributed by atoms with Crippen molar-refractivity contribution in [2.75, 3.05) is 11.9 Å². The van der Waals surface area contributed by atoms with E-state index in [1.165, 1.54) is 12.1 Å². The SMILES string of the molecule is CC[C@H]([NH2+]CC(=O)Nc1cccc([N+](=O)[O-])c1)c1ccc(Br)cc1. The van der Waals surface area contributed by atoms with Crippen molar-refractivity contribution in [3.05, 3.63) is 68.7 Å². The predicted molar refractivity (Wildman–Crippen MR) is 95.7 cm³/mol. The molecule has 0 aliphatic carbocycles. The number of nitro benzene ring substituents is 1. The first-order chi connectivity index (χ1) is 11.5. The van der Waals surface area contributed by atoms with Crippen LogP contribution in [0.2, 0.25) is 0 Å². The summed E-state index contributed by atoms with van der Waals surface area (Å²) in [5.74, 6) is -0.189. The van der Waals surface area contributed by atoms with Gasteiger partial charge in [0.25, 0.3) is 11.6 Å². The summed E-state index contributed by atoms with van der Waals surface area (Å²) in [7, 11) is 0. The van der Waals surface area contributed by atoms with Crippen molar-refractivity contribution in [2.24, 2.45) is 0 Å². The first-order valence-corrected chi connectivity index (χ1v) is 8.42. The number of nitrogens with zero attached hydrogens (tertiary/aromatic N) is 1. The number of nitrogens with two attached hydrogens (primary N) is 1. The molecule has 24 heavy (non-hydrogen) atoms. The van der Waals surface area contributed by atoms with Gasteiger partial charge in [-0.3, -0.25) is 14.9 Å². The Balaban J connectivity index is 1.93. The number of anilines is 1. The van der Waals surface area contributed by atoms with Crippen LogP contribution in [0.5, 0.6) is 0 Å². The first-order valence-electron chi connectivity index (χ1n) is 7.62. The lowest BCUT2D eigenvalue weighted by molar-refractivity contribution is -0.686. The van der Waals surface area contributed by atoms with Gasteiger partial charge in [-0.25, -0.2) is 0 Å². The lowest BCUT2D eigenvalue weighted by atomic mass is 10.0. The topological polar surface area (TPSA) is 88.8 Å². The number of carbonyl (C=O) groups excluding carboxylic acids is 1. The zero-order valence-corrected chi connectivity index (χ0v) is 14.8. The van der Waals surface area contributed by atoms with Crippen LogP contribution in [0.1, 0.15) is 24.9 Å². The quantitative estimate of drug-likeness (QED) is 0.560. The summed E-state index contributed by atoms with van der Waals surface area (Å²) in [6.45, 7) is 2.32. The number of non-ortho nitro benzene ring substituents is 1. The minimum Gasteiger partial charge on any atom is -0.332 e. The zero-order chi connectivity index (χ0) is 17.5. The number of carbonyl (C=O) groups is 1. The molecule has 0 aliphatic rings. The van der Waals surface area contributed by atoms with E-state index in [1.807, 2.05) is 29.6 Å². The Morgan fingerprint density at radius 3 is 2.62 bits per heavy atom. The smallest absolute Gasteiger partial charge is 0.279 e. The number of halogens is 1. The molecule has 0 bridgehead atoms. The minimum atomic E-state index is -0.484. The Bertz CT molecular complexity index is 719. The van der Waals surface area contributed by atoms with Gasteiger partial charge < -0.3 is 10.6 Å². The van der Waals surface area contributed by atoms with Gasteiger partial charge in [-0.05, 0) is 18.2 Å². The molecule has 0 radical (unpaired) electrons. The highest BCUT2D eigenvalue weighted by atomic mass is 79.9. The second kappa shape index (κ2) is 8.56. The van der Waals surface area contributed by atoms with Crippen LogP contribution in [0.3, 0.4) is 0 Å². The van der Waals surface area contributed by atoms with Gasteiger partial charge in [0.1, 0.15) is 6.04 Å². The average molecular weight is 393 g/mol. The summed E-state index contributed by atoms with van der Waals surface area (Å²) >= 11 is 3.41. The lowest BCUT2D eigenvalue weighted by Gasteiger charge is -2.14. The predicted octanol–water partition coefficient (Wildman–Crippen LogP) is 3.01. The van der Waals surface area contributed by atoms with E-state index in [2.05, 4.69) is 28.2 Å². The Morgan fingerprint density at radius 1 is 1.29 bits per heavy atom.